The van der Waals surface area contributed by atoms with E-state index < -0.39 is 33.9 Å². The van der Waals surface area contributed by atoms with Crippen molar-refractivity contribution in [1.82, 2.24) is 4.31 Å². The quantitative estimate of drug-likeness (QED) is 0.726. The summed E-state index contributed by atoms with van der Waals surface area (Å²) in [5.74, 6) is -1.53. The second-order valence-electron chi connectivity index (χ2n) is 5.96. The first-order chi connectivity index (χ1) is 12.8. The van der Waals surface area contributed by atoms with Gasteiger partial charge < -0.3 is 4.74 Å². The number of aryl methyl sites for hydroxylation is 1. The molecule has 27 heavy (non-hydrogen) atoms. The average molecular weight is 411 g/mol. The number of ether oxygens (including phenoxy) is 1. The summed E-state index contributed by atoms with van der Waals surface area (Å²) in [7, 11) is -2.96. The second-order valence-corrected chi connectivity index (χ2v) is 8.21. The highest BCUT2D eigenvalue weighted by Gasteiger charge is 2.45. The van der Waals surface area contributed by atoms with E-state index in [1.54, 1.807) is 12.1 Å². The molecule has 0 radical (unpaired) electrons. The van der Waals surface area contributed by atoms with Crippen LogP contribution in [0.1, 0.15) is 17.2 Å². The number of carbonyl (C=O) groups excluding carboxylic acids is 1. The number of nitrogens with zero attached hydrogens (tertiary/aromatic N) is 2. The Bertz CT molecular complexity index is 988. The number of hydrogen-bond acceptors (Lipinski definition) is 5. The van der Waals surface area contributed by atoms with Crippen molar-refractivity contribution in [2.45, 2.75) is 23.9 Å². The van der Waals surface area contributed by atoms with Gasteiger partial charge in [-0.25, -0.2) is 21.9 Å². The lowest BCUT2D eigenvalue weighted by Gasteiger charge is -2.27. The highest BCUT2D eigenvalue weighted by atomic mass is 35.5. The molecule has 0 fully saturated rings. The van der Waals surface area contributed by atoms with Crippen LogP contribution in [0.25, 0.3) is 0 Å². The van der Waals surface area contributed by atoms with Crippen molar-refractivity contribution >= 4 is 33.9 Å². The third kappa shape index (κ3) is 3.42. The van der Waals surface area contributed by atoms with Crippen LogP contribution in [-0.4, -0.2) is 38.2 Å². The van der Waals surface area contributed by atoms with Crippen molar-refractivity contribution in [1.29, 1.82) is 0 Å². The first kappa shape index (κ1) is 19.3. The fourth-order valence-corrected chi connectivity index (χ4v) is 4.56. The Morgan fingerprint density at radius 2 is 1.89 bits per heavy atom. The maximum absolute atomic E-state index is 14.5. The summed E-state index contributed by atoms with van der Waals surface area (Å²) in [6.45, 7) is 1.82. The number of benzene rings is 2. The van der Waals surface area contributed by atoms with Crippen molar-refractivity contribution in [2.75, 3.05) is 7.11 Å². The van der Waals surface area contributed by atoms with Crippen LogP contribution in [0.15, 0.2) is 52.4 Å². The number of halogens is 2. The number of esters is 1. The number of aliphatic imine (C=N–C) groups is 1. The van der Waals surface area contributed by atoms with Crippen LogP contribution < -0.4 is 0 Å². The summed E-state index contributed by atoms with van der Waals surface area (Å²) >= 11 is 6.14. The molecule has 1 heterocycles. The largest absolute Gasteiger partial charge is 0.467 e. The van der Waals surface area contributed by atoms with Crippen molar-refractivity contribution in [3.63, 3.8) is 0 Å². The Morgan fingerprint density at radius 1 is 1.22 bits per heavy atom. The smallest absolute Gasteiger partial charge is 0.333 e. The lowest BCUT2D eigenvalue weighted by Crippen LogP contribution is -2.38. The van der Waals surface area contributed by atoms with E-state index in [0.29, 0.717) is 0 Å². The van der Waals surface area contributed by atoms with Crippen LogP contribution in [-0.2, 0) is 19.6 Å². The van der Waals surface area contributed by atoms with Gasteiger partial charge in [-0.2, -0.15) is 0 Å². The van der Waals surface area contributed by atoms with Crippen LogP contribution in [0.5, 0.6) is 0 Å². The first-order valence-corrected chi connectivity index (χ1v) is 9.74. The van der Waals surface area contributed by atoms with Gasteiger partial charge in [-0.15, -0.1) is 0 Å². The van der Waals surface area contributed by atoms with Gasteiger partial charge in [0.1, 0.15) is 18.2 Å². The third-order valence-electron chi connectivity index (χ3n) is 4.25. The molecular formula is C18H16ClFN2O4S. The minimum atomic E-state index is -4.11. The van der Waals surface area contributed by atoms with Crippen LogP contribution in [0.3, 0.4) is 0 Å². The Balaban J connectivity index is 2.15. The molecular weight excluding hydrogens is 395 g/mol. The van der Waals surface area contributed by atoms with Gasteiger partial charge in [0, 0.05) is 10.6 Å². The molecule has 2 aromatic carbocycles. The van der Waals surface area contributed by atoms with E-state index >= 15 is 0 Å². The molecule has 142 valence electrons. The highest BCUT2D eigenvalue weighted by Crippen LogP contribution is 2.39. The van der Waals surface area contributed by atoms with Crippen LogP contribution in [0, 0.1) is 12.7 Å². The molecule has 0 unspecified atom stereocenters. The number of carbonyl (C=O) groups is 1. The molecule has 0 aromatic heterocycles. The van der Waals surface area contributed by atoms with E-state index in [2.05, 4.69) is 4.99 Å². The van der Waals surface area contributed by atoms with Gasteiger partial charge in [-0.3, -0.25) is 4.99 Å². The molecule has 3 rings (SSSR count). The molecule has 0 bridgehead atoms. The van der Waals surface area contributed by atoms with Crippen LogP contribution in [0.4, 0.5) is 4.39 Å². The topological polar surface area (TPSA) is 76.0 Å². The minimum Gasteiger partial charge on any atom is -0.467 e. The monoisotopic (exact) mass is 410 g/mol. The molecule has 0 saturated heterocycles. The van der Waals surface area contributed by atoms with E-state index in [-0.39, 0.29) is 15.5 Å². The van der Waals surface area contributed by atoms with Gasteiger partial charge in [0.25, 0.3) is 10.0 Å². The van der Waals surface area contributed by atoms with Crippen molar-refractivity contribution < 1.29 is 22.3 Å². The van der Waals surface area contributed by atoms with Gasteiger partial charge >= 0.3 is 5.97 Å². The first-order valence-electron chi connectivity index (χ1n) is 7.92. The lowest BCUT2D eigenvalue weighted by molar-refractivity contribution is -0.142. The maximum Gasteiger partial charge on any atom is 0.333 e. The van der Waals surface area contributed by atoms with Gasteiger partial charge in [-0.1, -0.05) is 35.4 Å². The molecule has 9 heteroatoms. The number of hydrogen-bond donors (Lipinski definition) is 0. The standard InChI is InChI=1S/C18H16ClFN2O4S/c1-11-6-8-12(9-7-11)27(24,25)22-10-21-16(18(23)26-2)17(22)15-13(19)4-3-5-14(15)20/h3-10,16-17H,1-2H3/t16-,17+/m1/s1. The molecule has 2 atom stereocenters. The Labute approximate surface area is 161 Å². The summed E-state index contributed by atoms with van der Waals surface area (Å²) in [6.07, 6.45) is 1.00. The van der Waals surface area contributed by atoms with Crippen molar-refractivity contribution in [3.05, 3.63) is 64.4 Å². The van der Waals surface area contributed by atoms with E-state index in [9.17, 15) is 17.6 Å². The zero-order chi connectivity index (χ0) is 19.8. The summed E-state index contributed by atoms with van der Waals surface area (Å²) in [4.78, 5) is 16.1. The molecule has 6 nitrogen and oxygen atoms in total. The third-order valence-corrected chi connectivity index (χ3v) is 6.32. The molecule has 2 aromatic rings. The summed E-state index contributed by atoms with van der Waals surface area (Å²) in [6, 6.07) is 7.54. The predicted molar refractivity (Wildman–Crippen MR) is 98.7 cm³/mol. The van der Waals surface area contributed by atoms with E-state index in [4.69, 9.17) is 16.3 Å². The molecule has 0 N–H and O–H groups in total. The molecule has 0 spiro atoms. The molecule has 0 aliphatic carbocycles. The normalized spacial score (nSPS) is 19.3. The summed E-state index contributed by atoms with van der Waals surface area (Å²) < 4.78 is 46.4. The summed E-state index contributed by atoms with van der Waals surface area (Å²) in [5, 5.41) is -0.0106. The van der Waals surface area contributed by atoms with Crippen molar-refractivity contribution in [3.8, 4) is 0 Å². The van der Waals surface area contributed by atoms with Gasteiger partial charge in [0.05, 0.1) is 12.0 Å². The van der Waals surface area contributed by atoms with E-state index in [1.165, 1.54) is 24.3 Å². The van der Waals surface area contributed by atoms with Crippen LogP contribution >= 0.6 is 11.6 Å². The summed E-state index contributed by atoms with van der Waals surface area (Å²) in [5.41, 5.74) is 0.743. The van der Waals surface area contributed by atoms with Crippen molar-refractivity contribution in [2.24, 2.45) is 4.99 Å². The zero-order valence-electron chi connectivity index (χ0n) is 14.5. The SMILES string of the molecule is COC(=O)[C@@H]1N=CN(S(=O)(=O)c2ccc(C)cc2)[C@H]1c1c(F)cccc1Cl. The van der Waals surface area contributed by atoms with Gasteiger partial charge in [-0.05, 0) is 31.2 Å². The minimum absolute atomic E-state index is 0.0106. The van der Waals surface area contributed by atoms with E-state index in [1.807, 2.05) is 6.92 Å². The number of sulfonamides is 1. The number of methoxy groups -OCH3 is 1. The molecule has 0 amide bonds. The Morgan fingerprint density at radius 3 is 2.48 bits per heavy atom. The second kappa shape index (κ2) is 7.28. The van der Waals surface area contributed by atoms with E-state index in [0.717, 1.165) is 29.4 Å². The zero-order valence-corrected chi connectivity index (χ0v) is 16.0. The Kier molecular flexibility index (Phi) is 5.21. The maximum atomic E-state index is 14.5. The predicted octanol–water partition coefficient (Wildman–Crippen LogP) is 3.10. The average Bonchev–Trinajstić information content (AvgIpc) is 3.07. The fraction of sp³-hybridized carbons (Fsp3) is 0.222. The lowest BCUT2D eigenvalue weighted by atomic mass is 10.00. The molecule has 1 aliphatic rings. The highest BCUT2D eigenvalue weighted by molar-refractivity contribution is 7.89. The fourth-order valence-electron chi connectivity index (χ4n) is 2.86. The Hall–Kier alpha value is -2.45. The van der Waals surface area contributed by atoms with Gasteiger partial charge in [0.15, 0.2) is 6.04 Å². The van der Waals surface area contributed by atoms with Gasteiger partial charge in [0.2, 0.25) is 0 Å². The molecule has 1 aliphatic heterocycles. The number of rotatable bonds is 4. The molecule has 0 saturated carbocycles. The van der Waals surface area contributed by atoms with Crippen LogP contribution in [0.2, 0.25) is 5.02 Å².